The first-order chi connectivity index (χ1) is 20.3. The third-order valence-corrected chi connectivity index (χ3v) is 8.89. The molecule has 0 amide bonds. The maximum Gasteiger partial charge on any atom is 0.143 e. The van der Waals surface area contributed by atoms with Gasteiger partial charge in [0.2, 0.25) is 0 Å². The van der Waals surface area contributed by atoms with Crippen molar-refractivity contribution in [2.45, 2.75) is 18.9 Å². The molecule has 1 aliphatic heterocycles. The fourth-order valence-electron chi connectivity index (χ4n) is 6.98. The van der Waals surface area contributed by atoms with Gasteiger partial charge in [0, 0.05) is 16.2 Å². The third-order valence-electron chi connectivity index (χ3n) is 8.89. The van der Waals surface area contributed by atoms with E-state index >= 15 is 0 Å². The van der Waals surface area contributed by atoms with E-state index in [9.17, 15) is 0 Å². The number of rotatable bonds is 2. The van der Waals surface area contributed by atoms with Crippen LogP contribution in [0.3, 0.4) is 0 Å². The zero-order valence-electron chi connectivity index (χ0n) is 22.4. The average Bonchev–Trinajstić information content (AvgIpc) is 3.42. The Morgan fingerprint density at radius 1 is 0.707 bits per heavy atom. The number of allylic oxidation sites excluding steroid dienone is 2. The number of furan rings is 1. The molecule has 41 heavy (non-hydrogen) atoms. The smallest absolute Gasteiger partial charge is 0.143 e. The molecule has 9 rings (SSSR count). The van der Waals surface area contributed by atoms with Gasteiger partial charge < -0.3 is 9.73 Å². The van der Waals surface area contributed by atoms with Crippen LogP contribution >= 0.6 is 0 Å². The molecule has 1 unspecified atom stereocenters. The van der Waals surface area contributed by atoms with Crippen molar-refractivity contribution >= 4 is 49.9 Å². The Labute approximate surface area is 237 Å². The second-order valence-corrected chi connectivity index (χ2v) is 11.1. The summed E-state index contributed by atoms with van der Waals surface area (Å²) < 4.78 is 6.40. The molecule has 3 nitrogen and oxygen atoms in total. The molecule has 3 heterocycles. The largest absolute Gasteiger partial charge is 0.455 e. The van der Waals surface area contributed by atoms with Gasteiger partial charge in [0.05, 0.1) is 17.4 Å². The quantitative estimate of drug-likeness (QED) is 0.255. The van der Waals surface area contributed by atoms with Gasteiger partial charge >= 0.3 is 0 Å². The van der Waals surface area contributed by atoms with Crippen molar-refractivity contribution < 1.29 is 4.42 Å². The van der Waals surface area contributed by atoms with Gasteiger partial charge in [0.15, 0.2) is 0 Å². The van der Waals surface area contributed by atoms with Crippen LogP contribution in [0.1, 0.15) is 41.4 Å². The van der Waals surface area contributed by atoms with Gasteiger partial charge in [0.25, 0.3) is 0 Å². The Morgan fingerprint density at radius 2 is 1.46 bits per heavy atom. The lowest BCUT2D eigenvalue weighted by molar-refractivity contribution is 0.672. The number of benzene rings is 4. The van der Waals surface area contributed by atoms with Gasteiger partial charge in [0.1, 0.15) is 11.2 Å². The monoisotopic (exact) mass is 526 g/mol. The molecular formula is C38H26N2O. The van der Waals surface area contributed by atoms with Crippen LogP contribution in [0.2, 0.25) is 0 Å². The first-order valence-electron chi connectivity index (χ1n) is 14.3. The van der Waals surface area contributed by atoms with Gasteiger partial charge in [-0.05, 0) is 87.0 Å². The standard InChI is InChI=1S/C38H26N2O/c1-2-10-26-25(9-1)28(18-19-29(26)34-20-17-24-16-15-23-8-7-21-39-36(23)37(24)40-34)32-22-33-30-12-5-6-14-35(30)41-38(33)31-13-4-3-11-27(31)32/h1-17,20-22,36,39H,18-19H2. The zero-order valence-corrected chi connectivity index (χ0v) is 22.4. The van der Waals surface area contributed by atoms with Crippen LogP contribution in [0.4, 0.5) is 0 Å². The Kier molecular flexibility index (Phi) is 4.79. The second-order valence-electron chi connectivity index (χ2n) is 11.1. The minimum Gasteiger partial charge on any atom is -0.455 e. The van der Waals surface area contributed by atoms with E-state index in [1.807, 2.05) is 12.3 Å². The molecule has 0 bridgehead atoms. The lowest BCUT2D eigenvalue weighted by Gasteiger charge is -2.27. The molecule has 4 aromatic carbocycles. The number of hydrogen-bond acceptors (Lipinski definition) is 3. The zero-order chi connectivity index (χ0) is 26.9. The first kappa shape index (κ1) is 22.6. The lowest BCUT2D eigenvalue weighted by Crippen LogP contribution is -2.33. The highest BCUT2D eigenvalue weighted by molar-refractivity contribution is 6.17. The van der Waals surface area contributed by atoms with Crippen LogP contribution in [0.15, 0.2) is 125 Å². The SMILES string of the molecule is C1=CNC2C(=C1)C=Cc1ccc(C3=c4ccccc4=C(c4cc5c6ccccc6oc5c5ccccc45)CC3)nc12. The molecule has 194 valence electrons. The molecule has 0 saturated heterocycles. The molecule has 2 aliphatic carbocycles. The topological polar surface area (TPSA) is 38.1 Å². The summed E-state index contributed by atoms with van der Waals surface area (Å²) in [6.45, 7) is 0. The summed E-state index contributed by atoms with van der Waals surface area (Å²) in [5.74, 6) is 0. The predicted molar refractivity (Wildman–Crippen MR) is 168 cm³/mol. The van der Waals surface area contributed by atoms with Crippen molar-refractivity contribution in [2.75, 3.05) is 0 Å². The Balaban J connectivity index is 1.31. The van der Waals surface area contributed by atoms with E-state index in [1.54, 1.807) is 0 Å². The first-order valence-corrected chi connectivity index (χ1v) is 14.3. The number of nitrogens with one attached hydrogen (secondary N) is 1. The van der Waals surface area contributed by atoms with E-state index in [2.05, 4.69) is 115 Å². The molecule has 3 aliphatic rings. The fraction of sp³-hybridized carbons (Fsp3) is 0.0789. The van der Waals surface area contributed by atoms with Crippen LogP contribution in [0, 0.1) is 0 Å². The maximum atomic E-state index is 6.40. The lowest BCUT2D eigenvalue weighted by atomic mass is 9.85. The molecule has 0 spiro atoms. The summed E-state index contributed by atoms with van der Waals surface area (Å²) in [4.78, 5) is 5.29. The summed E-state index contributed by atoms with van der Waals surface area (Å²) in [5.41, 5.74) is 10.5. The summed E-state index contributed by atoms with van der Waals surface area (Å²) in [6.07, 6.45) is 12.5. The number of fused-ring (bicyclic) bond motifs is 9. The molecule has 3 heteroatoms. The number of para-hydroxylation sites is 1. The van der Waals surface area contributed by atoms with Crippen molar-refractivity contribution in [1.82, 2.24) is 10.3 Å². The van der Waals surface area contributed by atoms with Gasteiger partial charge in [-0.1, -0.05) is 91.0 Å². The van der Waals surface area contributed by atoms with Crippen LogP contribution in [-0.4, -0.2) is 4.98 Å². The predicted octanol–water partition coefficient (Wildman–Crippen LogP) is 7.44. The Bertz CT molecular complexity index is 2300. The number of dihydropyridines is 1. The van der Waals surface area contributed by atoms with Crippen molar-refractivity contribution in [3.05, 3.63) is 154 Å². The molecule has 0 saturated carbocycles. The van der Waals surface area contributed by atoms with E-state index in [4.69, 9.17) is 9.40 Å². The summed E-state index contributed by atoms with van der Waals surface area (Å²) in [6, 6.07) is 32.8. The molecule has 1 N–H and O–H groups in total. The van der Waals surface area contributed by atoms with E-state index < -0.39 is 0 Å². The third kappa shape index (κ3) is 3.36. The molecule has 0 fully saturated rings. The van der Waals surface area contributed by atoms with E-state index in [0.717, 1.165) is 35.4 Å². The minimum atomic E-state index is 0.101. The number of hydrogen-bond donors (Lipinski definition) is 1. The highest BCUT2D eigenvalue weighted by Gasteiger charge is 2.25. The van der Waals surface area contributed by atoms with Gasteiger partial charge in [-0.25, -0.2) is 4.98 Å². The molecule has 1 atom stereocenters. The molecule has 0 radical (unpaired) electrons. The van der Waals surface area contributed by atoms with Crippen molar-refractivity contribution in [3.63, 3.8) is 0 Å². The van der Waals surface area contributed by atoms with Crippen LogP contribution in [0.25, 0.3) is 49.9 Å². The van der Waals surface area contributed by atoms with Gasteiger partial charge in [-0.3, -0.25) is 0 Å². The van der Waals surface area contributed by atoms with Crippen molar-refractivity contribution in [2.24, 2.45) is 0 Å². The highest BCUT2D eigenvalue weighted by atomic mass is 16.3. The van der Waals surface area contributed by atoms with Crippen molar-refractivity contribution in [3.8, 4) is 0 Å². The van der Waals surface area contributed by atoms with Crippen molar-refractivity contribution in [1.29, 1.82) is 0 Å². The average molecular weight is 527 g/mol. The van der Waals surface area contributed by atoms with Gasteiger partial charge in [-0.15, -0.1) is 0 Å². The van der Waals surface area contributed by atoms with Crippen LogP contribution in [0.5, 0.6) is 0 Å². The number of pyridine rings is 1. The van der Waals surface area contributed by atoms with Crippen LogP contribution in [-0.2, 0) is 0 Å². The fourth-order valence-corrected chi connectivity index (χ4v) is 6.98. The highest BCUT2D eigenvalue weighted by Crippen LogP contribution is 2.39. The second kappa shape index (κ2) is 8.67. The minimum absolute atomic E-state index is 0.101. The summed E-state index contributed by atoms with van der Waals surface area (Å²) in [7, 11) is 0. The normalized spacial score (nSPS) is 17.4. The van der Waals surface area contributed by atoms with E-state index in [-0.39, 0.29) is 6.04 Å². The van der Waals surface area contributed by atoms with Crippen LogP contribution < -0.4 is 15.8 Å². The number of aromatic nitrogens is 1. The van der Waals surface area contributed by atoms with E-state index in [0.29, 0.717) is 0 Å². The molecular weight excluding hydrogens is 500 g/mol. The summed E-state index contributed by atoms with van der Waals surface area (Å²) in [5, 5.41) is 10.8. The van der Waals surface area contributed by atoms with Gasteiger partial charge in [-0.2, -0.15) is 0 Å². The Hall–Kier alpha value is -5.15. The van der Waals surface area contributed by atoms with E-state index in [1.165, 1.54) is 59.8 Å². The molecule has 6 aromatic rings. The maximum absolute atomic E-state index is 6.40. The summed E-state index contributed by atoms with van der Waals surface area (Å²) >= 11 is 0. The Morgan fingerprint density at radius 3 is 2.37 bits per heavy atom. The molecule has 2 aromatic heterocycles. The number of nitrogens with zero attached hydrogens (tertiary/aromatic N) is 1.